The van der Waals surface area contributed by atoms with E-state index in [1.54, 1.807) is 20.8 Å². The van der Waals surface area contributed by atoms with Crippen molar-refractivity contribution in [2.45, 2.75) is 32.9 Å². The van der Waals surface area contributed by atoms with Crippen LogP contribution in [0.3, 0.4) is 0 Å². The topological polar surface area (TPSA) is 78.2 Å². The quantitative estimate of drug-likeness (QED) is 0.882. The number of nitrogens with one attached hydrogen (secondary N) is 1. The highest BCUT2D eigenvalue weighted by Crippen LogP contribution is 2.07. The van der Waals surface area contributed by atoms with E-state index < -0.39 is 23.1 Å². The molecule has 26 heavy (non-hydrogen) atoms. The smallest absolute Gasteiger partial charge is 0.407 e. The lowest BCUT2D eigenvalue weighted by Gasteiger charge is -2.20. The Balaban J connectivity index is 2.04. The number of rotatable bonds is 5. The molecular weight excluding hydrogens is 346 g/mol. The summed E-state index contributed by atoms with van der Waals surface area (Å²) in [5.41, 5.74) is -0.536. The zero-order valence-electron chi connectivity index (χ0n) is 14.7. The molecule has 0 saturated heterocycles. The average Bonchev–Trinajstić information content (AvgIpc) is 2.91. The molecule has 0 spiro atoms. The number of nitrogens with zero attached hydrogens (tertiary/aromatic N) is 3. The molecule has 0 atom stereocenters. The number of amides is 1. The van der Waals surface area contributed by atoms with E-state index in [-0.39, 0.29) is 25.1 Å². The van der Waals surface area contributed by atoms with Crippen molar-refractivity contribution in [1.82, 2.24) is 19.7 Å². The normalized spacial score (nSPS) is 12.1. The molecule has 0 aliphatic rings. The Labute approximate surface area is 148 Å². The molecule has 1 heterocycles. The van der Waals surface area contributed by atoms with Crippen LogP contribution in [0.25, 0.3) is 5.69 Å². The van der Waals surface area contributed by atoms with Gasteiger partial charge in [0.25, 0.3) is 0 Å². The van der Waals surface area contributed by atoms with Crippen LogP contribution in [0.5, 0.6) is 0 Å². The van der Waals surface area contributed by atoms with E-state index in [1.807, 2.05) is 0 Å². The fourth-order valence-electron chi connectivity index (χ4n) is 2.03. The summed E-state index contributed by atoms with van der Waals surface area (Å²) in [6.45, 7) is 4.83. The van der Waals surface area contributed by atoms with Gasteiger partial charge in [-0.25, -0.2) is 27.6 Å². The first-order valence-electron chi connectivity index (χ1n) is 7.83. The summed E-state index contributed by atoms with van der Waals surface area (Å²) in [4.78, 5) is 23.9. The van der Waals surface area contributed by atoms with Crippen LogP contribution >= 0.6 is 0 Å². The predicted octanol–water partition coefficient (Wildman–Crippen LogP) is 2.55. The Bertz CT molecular complexity index is 848. The van der Waals surface area contributed by atoms with E-state index in [2.05, 4.69) is 10.4 Å². The second-order valence-electron chi connectivity index (χ2n) is 6.64. The van der Waals surface area contributed by atoms with Crippen LogP contribution < -0.4 is 11.0 Å². The van der Waals surface area contributed by atoms with E-state index in [0.29, 0.717) is 5.69 Å². The molecule has 0 aliphatic carbocycles. The maximum Gasteiger partial charge on any atom is 0.407 e. The van der Waals surface area contributed by atoms with Gasteiger partial charge in [-0.3, -0.25) is 0 Å². The van der Waals surface area contributed by atoms with Crippen molar-refractivity contribution in [2.24, 2.45) is 0 Å². The van der Waals surface area contributed by atoms with Crippen LogP contribution in [0, 0.1) is 5.82 Å². The molecular formula is C17H20F2N4O3. The van der Waals surface area contributed by atoms with Gasteiger partial charge in [0.15, 0.2) is 0 Å². The van der Waals surface area contributed by atoms with Crippen molar-refractivity contribution in [3.8, 4) is 5.69 Å². The number of alkyl carbamates (subject to hydrolysis) is 1. The maximum absolute atomic E-state index is 13.1. The van der Waals surface area contributed by atoms with Crippen molar-refractivity contribution in [2.75, 3.05) is 6.61 Å². The average molecular weight is 366 g/mol. The molecule has 7 nitrogen and oxygen atoms in total. The molecule has 1 aromatic carbocycles. The summed E-state index contributed by atoms with van der Waals surface area (Å²) >= 11 is 0. The first-order chi connectivity index (χ1) is 12.2. The molecule has 0 unspecified atom stereocenters. The highest BCUT2D eigenvalue weighted by molar-refractivity contribution is 5.68. The van der Waals surface area contributed by atoms with Crippen LogP contribution in [0.4, 0.5) is 13.6 Å². The molecule has 0 bridgehead atoms. The SMILES string of the molecule is CC(C)(C)NC(=O)OC/C(=C\F)Cn1ncn(-c2ccc(F)cc2)c1=O. The maximum atomic E-state index is 13.1. The largest absolute Gasteiger partial charge is 0.445 e. The predicted molar refractivity (Wildman–Crippen MR) is 91.2 cm³/mol. The Morgan fingerprint density at radius 2 is 1.96 bits per heavy atom. The Morgan fingerprint density at radius 3 is 2.54 bits per heavy atom. The molecule has 1 amide bonds. The van der Waals surface area contributed by atoms with Gasteiger partial charge in [-0.15, -0.1) is 0 Å². The summed E-state index contributed by atoms with van der Waals surface area (Å²) in [6, 6.07) is 5.28. The lowest BCUT2D eigenvalue weighted by atomic mass is 10.1. The molecule has 140 valence electrons. The summed E-state index contributed by atoms with van der Waals surface area (Å²) in [5, 5.41) is 6.47. The lowest BCUT2D eigenvalue weighted by molar-refractivity contribution is 0.145. The van der Waals surface area contributed by atoms with Crippen molar-refractivity contribution >= 4 is 6.09 Å². The second kappa shape index (κ2) is 7.94. The van der Waals surface area contributed by atoms with Crippen molar-refractivity contribution < 1.29 is 18.3 Å². The lowest BCUT2D eigenvalue weighted by Crippen LogP contribution is -2.41. The van der Waals surface area contributed by atoms with Gasteiger partial charge in [-0.2, -0.15) is 5.10 Å². The van der Waals surface area contributed by atoms with Gasteiger partial charge in [0.2, 0.25) is 0 Å². The first-order valence-corrected chi connectivity index (χ1v) is 7.83. The zero-order chi connectivity index (χ0) is 19.3. The van der Waals surface area contributed by atoms with Crippen LogP contribution in [0.1, 0.15) is 20.8 Å². The van der Waals surface area contributed by atoms with Gasteiger partial charge in [-0.1, -0.05) is 0 Å². The van der Waals surface area contributed by atoms with E-state index in [0.717, 1.165) is 4.68 Å². The Morgan fingerprint density at radius 1 is 1.31 bits per heavy atom. The standard InChI is InChI=1S/C17H20F2N4O3/c1-17(2,3)21-15(24)26-10-12(8-18)9-23-16(25)22(11-20-23)14-6-4-13(19)5-7-14/h4-8,11H,9-10H2,1-3H3,(H,21,24)/b12-8-. The molecule has 9 heteroatoms. The summed E-state index contributed by atoms with van der Waals surface area (Å²) in [6.07, 6.45) is 0.827. The summed E-state index contributed by atoms with van der Waals surface area (Å²) in [5.74, 6) is -0.428. The highest BCUT2D eigenvalue weighted by Gasteiger charge is 2.16. The number of hydrogen-bond donors (Lipinski definition) is 1. The monoisotopic (exact) mass is 366 g/mol. The van der Waals surface area contributed by atoms with Crippen LogP contribution in [0.15, 0.2) is 47.3 Å². The molecule has 2 rings (SSSR count). The third kappa shape index (κ3) is 5.27. The van der Waals surface area contributed by atoms with Gasteiger partial charge in [-0.05, 0) is 45.0 Å². The summed E-state index contributed by atoms with van der Waals surface area (Å²) < 4.78 is 33.2. The molecule has 0 fully saturated rings. The fraction of sp³-hybridized carbons (Fsp3) is 0.353. The zero-order valence-corrected chi connectivity index (χ0v) is 14.7. The molecule has 0 radical (unpaired) electrons. The number of hydrogen-bond acceptors (Lipinski definition) is 4. The fourth-order valence-corrected chi connectivity index (χ4v) is 2.03. The minimum absolute atomic E-state index is 0.0560. The van der Waals surface area contributed by atoms with Crippen LogP contribution in [-0.2, 0) is 11.3 Å². The minimum atomic E-state index is -0.693. The van der Waals surface area contributed by atoms with Crippen LogP contribution in [0.2, 0.25) is 0 Å². The third-order valence-electron chi connectivity index (χ3n) is 3.21. The molecule has 0 aliphatic heterocycles. The second-order valence-corrected chi connectivity index (χ2v) is 6.64. The number of carbonyl (C=O) groups is 1. The Hall–Kier alpha value is -2.97. The summed E-state index contributed by atoms with van der Waals surface area (Å²) in [7, 11) is 0. The van der Waals surface area contributed by atoms with E-state index in [9.17, 15) is 18.4 Å². The Kier molecular flexibility index (Phi) is 5.91. The van der Waals surface area contributed by atoms with Crippen molar-refractivity contribution in [3.05, 3.63) is 58.8 Å². The minimum Gasteiger partial charge on any atom is -0.445 e. The van der Waals surface area contributed by atoms with Gasteiger partial charge in [0, 0.05) is 11.1 Å². The first kappa shape index (κ1) is 19.4. The van der Waals surface area contributed by atoms with Gasteiger partial charge < -0.3 is 10.1 Å². The number of aromatic nitrogens is 3. The number of halogens is 2. The molecule has 2 aromatic rings. The third-order valence-corrected chi connectivity index (χ3v) is 3.21. The highest BCUT2D eigenvalue weighted by atomic mass is 19.1. The van der Waals surface area contributed by atoms with Gasteiger partial charge >= 0.3 is 11.8 Å². The number of ether oxygens (including phenoxy) is 1. The van der Waals surface area contributed by atoms with Gasteiger partial charge in [0.1, 0.15) is 18.8 Å². The van der Waals surface area contributed by atoms with E-state index in [1.165, 1.54) is 35.2 Å². The van der Waals surface area contributed by atoms with E-state index >= 15 is 0 Å². The molecule has 1 aromatic heterocycles. The van der Waals surface area contributed by atoms with Crippen molar-refractivity contribution in [3.63, 3.8) is 0 Å². The van der Waals surface area contributed by atoms with Crippen LogP contribution in [-0.4, -0.2) is 32.6 Å². The number of carbonyl (C=O) groups excluding carboxylic acids is 1. The van der Waals surface area contributed by atoms with Crippen molar-refractivity contribution in [1.29, 1.82) is 0 Å². The molecule has 1 N–H and O–H groups in total. The van der Waals surface area contributed by atoms with Gasteiger partial charge in [0.05, 0.1) is 18.6 Å². The van der Waals surface area contributed by atoms with E-state index in [4.69, 9.17) is 4.74 Å². The number of benzene rings is 1. The molecule has 0 saturated carbocycles.